The van der Waals surface area contributed by atoms with Crippen LogP contribution in [0.1, 0.15) is 15.9 Å². The Labute approximate surface area is 135 Å². The molecular weight excluding hydrogens is 365 g/mol. The molecule has 0 aliphatic carbocycles. The summed E-state index contributed by atoms with van der Waals surface area (Å²) in [7, 11) is 1.50. The van der Waals surface area contributed by atoms with Crippen molar-refractivity contribution < 1.29 is 35.1 Å². The molecule has 0 radical (unpaired) electrons. The van der Waals surface area contributed by atoms with Crippen LogP contribution in [0.3, 0.4) is 0 Å². The molecule has 2 rings (SSSR count). The number of rotatable bonds is 4. The van der Waals surface area contributed by atoms with Gasteiger partial charge in [-0.2, -0.15) is 5.10 Å². The number of methoxy groups -OCH3 is 1. The molecule has 1 aromatic carbocycles. The molecular formula is C14H14N3O3Pd+3. The summed E-state index contributed by atoms with van der Waals surface area (Å²) in [5.41, 5.74) is 3.41. The Balaban J connectivity index is 0.00000220. The Morgan fingerprint density at radius 3 is 2.71 bits per heavy atom. The van der Waals surface area contributed by atoms with Crippen molar-refractivity contribution in [2.75, 3.05) is 7.11 Å². The molecule has 0 aliphatic rings. The number of benzene rings is 1. The normalized spacial score (nSPS) is 9.95. The van der Waals surface area contributed by atoms with E-state index in [9.17, 15) is 4.79 Å². The molecule has 0 spiro atoms. The number of aromatic nitrogens is 1. The van der Waals surface area contributed by atoms with Crippen LogP contribution in [0.5, 0.6) is 11.5 Å². The number of para-hydroxylation sites is 1. The van der Waals surface area contributed by atoms with Gasteiger partial charge in [-0.15, -0.1) is 0 Å². The second kappa shape index (κ2) is 8.15. The van der Waals surface area contributed by atoms with Gasteiger partial charge in [0.1, 0.15) is 0 Å². The summed E-state index contributed by atoms with van der Waals surface area (Å²) in [6.07, 6.45) is 4.47. The fourth-order valence-corrected chi connectivity index (χ4v) is 1.55. The van der Waals surface area contributed by atoms with Gasteiger partial charge in [-0.05, 0) is 24.3 Å². The van der Waals surface area contributed by atoms with E-state index in [2.05, 4.69) is 15.5 Å². The molecule has 1 aromatic heterocycles. The molecule has 0 saturated carbocycles. The Hall–Kier alpha value is -2.23. The van der Waals surface area contributed by atoms with Crippen LogP contribution in [0.2, 0.25) is 0 Å². The van der Waals surface area contributed by atoms with Crippen molar-refractivity contribution in [1.29, 1.82) is 0 Å². The van der Waals surface area contributed by atoms with E-state index in [-0.39, 0.29) is 32.1 Å². The summed E-state index contributed by atoms with van der Waals surface area (Å²) in [5.74, 6) is 0.337. The first-order valence-corrected chi connectivity index (χ1v) is 5.84. The van der Waals surface area contributed by atoms with E-state index in [1.165, 1.54) is 25.7 Å². The van der Waals surface area contributed by atoms with Gasteiger partial charge in [-0.1, -0.05) is 6.07 Å². The van der Waals surface area contributed by atoms with Crippen LogP contribution < -0.4 is 10.2 Å². The standard InChI is InChI=1S/C14H13N3O3.Pd/c1-20-12-4-2-3-11(13(12)18)9-16-17-14(19)10-5-7-15-8-6-10;/h2-9,18H,1H3,(H,17,19);/q;+2/p+1. The molecule has 1 heterocycles. The Morgan fingerprint density at radius 1 is 1.33 bits per heavy atom. The van der Waals surface area contributed by atoms with Crippen molar-refractivity contribution in [1.82, 2.24) is 10.4 Å². The summed E-state index contributed by atoms with van der Waals surface area (Å²) < 4.78 is 5.04. The van der Waals surface area contributed by atoms with Crippen molar-refractivity contribution in [2.24, 2.45) is 5.10 Å². The van der Waals surface area contributed by atoms with Gasteiger partial charge in [0.15, 0.2) is 0 Å². The number of hydrogen-bond acceptors (Lipinski definition) is 4. The van der Waals surface area contributed by atoms with E-state index in [0.717, 1.165) is 0 Å². The number of ether oxygens (including phenoxy) is 1. The molecule has 3 N–H and O–H groups in total. The minimum absolute atomic E-state index is 0. The number of hydrogen-bond donors (Lipinski definition) is 1. The van der Waals surface area contributed by atoms with Crippen LogP contribution in [0, 0.1) is 0 Å². The molecule has 0 unspecified atom stereocenters. The van der Waals surface area contributed by atoms with Crippen LogP contribution in [-0.2, 0) is 20.4 Å². The minimum Gasteiger partial charge on any atom is -0.590 e. The molecule has 0 aliphatic heterocycles. The SMILES string of the molecule is COc1cccc(C=NNC(=O)c2ccncc2)c1[OH2+].[Pd+2]. The van der Waals surface area contributed by atoms with Crippen molar-refractivity contribution in [3.8, 4) is 11.5 Å². The third kappa shape index (κ3) is 4.38. The smallest absolute Gasteiger partial charge is 0.590 e. The van der Waals surface area contributed by atoms with Crippen molar-refractivity contribution in [2.45, 2.75) is 0 Å². The molecule has 21 heavy (non-hydrogen) atoms. The third-order valence-electron chi connectivity index (χ3n) is 2.59. The minimum atomic E-state index is -0.335. The van der Waals surface area contributed by atoms with Crippen LogP contribution in [-0.4, -0.2) is 29.3 Å². The van der Waals surface area contributed by atoms with Crippen LogP contribution in [0.25, 0.3) is 0 Å². The van der Waals surface area contributed by atoms with E-state index >= 15 is 0 Å². The van der Waals surface area contributed by atoms with E-state index in [1.807, 2.05) is 0 Å². The van der Waals surface area contributed by atoms with E-state index in [4.69, 9.17) is 9.84 Å². The van der Waals surface area contributed by atoms with Gasteiger partial charge < -0.3 is 9.84 Å². The Morgan fingerprint density at radius 2 is 2.05 bits per heavy atom. The molecule has 0 fully saturated rings. The maximum absolute atomic E-state index is 11.7. The zero-order chi connectivity index (χ0) is 14.4. The van der Waals surface area contributed by atoms with Crippen molar-refractivity contribution in [3.05, 3.63) is 53.9 Å². The van der Waals surface area contributed by atoms with Gasteiger partial charge in [0.2, 0.25) is 5.75 Å². The molecule has 6 nitrogen and oxygen atoms in total. The number of nitrogens with one attached hydrogen (secondary N) is 1. The monoisotopic (exact) mass is 378 g/mol. The molecule has 0 bridgehead atoms. The fraction of sp³-hybridized carbons (Fsp3) is 0.0714. The average Bonchev–Trinajstić information content (AvgIpc) is 2.49. The molecule has 110 valence electrons. The summed E-state index contributed by atoms with van der Waals surface area (Å²) in [4.78, 5) is 15.5. The predicted molar refractivity (Wildman–Crippen MR) is 75.4 cm³/mol. The fourth-order valence-electron chi connectivity index (χ4n) is 1.55. The Bertz CT molecular complexity index is 633. The van der Waals surface area contributed by atoms with E-state index in [1.54, 1.807) is 30.3 Å². The first-order valence-electron chi connectivity index (χ1n) is 5.84. The molecule has 7 heteroatoms. The second-order valence-corrected chi connectivity index (χ2v) is 3.86. The topological polar surface area (TPSA) is 86.5 Å². The molecule has 0 saturated heterocycles. The largest absolute Gasteiger partial charge is 2.00 e. The van der Waals surface area contributed by atoms with Crippen LogP contribution in [0.4, 0.5) is 0 Å². The first kappa shape index (κ1) is 16.8. The molecule has 2 aromatic rings. The van der Waals surface area contributed by atoms with Gasteiger partial charge in [-0.25, -0.2) is 5.43 Å². The summed E-state index contributed by atoms with van der Waals surface area (Å²) in [5, 5.41) is 11.7. The number of pyridine rings is 1. The quantitative estimate of drug-likeness (QED) is 0.376. The zero-order valence-electron chi connectivity index (χ0n) is 11.1. The van der Waals surface area contributed by atoms with E-state index in [0.29, 0.717) is 16.9 Å². The number of carbonyl (C=O) groups excluding carboxylic acids is 1. The number of amides is 1. The predicted octanol–water partition coefficient (Wildman–Crippen LogP) is 1.29. The maximum atomic E-state index is 11.7. The average molecular weight is 379 g/mol. The number of hydrazone groups is 1. The molecule has 1 amide bonds. The summed E-state index contributed by atoms with van der Waals surface area (Å²) in [6, 6.07) is 8.34. The summed E-state index contributed by atoms with van der Waals surface area (Å²) in [6.45, 7) is 0. The second-order valence-electron chi connectivity index (χ2n) is 3.86. The van der Waals surface area contributed by atoms with Gasteiger partial charge in [-0.3, -0.25) is 9.78 Å². The van der Waals surface area contributed by atoms with Crippen LogP contribution >= 0.6 is 0 Å². The zero-order valence-corrected chi connectivity index (χ0v) is 12.7. The van der Waals surface area contributed by atoms with Gasteiger partial charge >= 0.3 is 26.2 Å². The number of nitrogens with zero attached hydrogens (tertiary/aromatic N) is 2. The third-order valence-corrected chi connectivity index (χ3v) is 2.59. The van der Waals surface area contributed by atoms with E-state index < -0.39 is 0 Å². The summed E-state index contributed by atoms with van der Waals surface area (Å²) >= 11 is 0. The van der Waals surface area contributed by atoms with Gasteiger partial charge in [0, 0.05) is 18.0 Å². The van der Waals surface area contributed by atoms with Crippen LogP contribution in [0.15, 0.2) is 47.8 Å². The van der Waals surface area contributed by atoms with Crippen molar-refractivity contribution >= 4 is 12.1 Å². The van der Waals surface area contributed by atoms with Crippen molar-refractivity contribution in [3.63, 3.8) is 0 Å². The Kier molecular flexibility index (Phi) is 6.53. The molecule has 0 atom stereocenters. The maximum Gasteiger partial charge on any atom is 2.00 e. The number of carbonyl (C=O) groups is 1. The van der Waals surface area contributed by atoms with Gasteiger partial charge in [0.25, 0.3) is 5.91 Å². The van der Waals surface area contributed by atoms with Gasteiger partial charge in [0.05, 0.1) is 18.9 Å². The first-order chi connectivity index (χ1) is 9.72.